The molecule has 0 radical (unpaired) electrons. The standard InChI is InChI=1S/C10H12INO2/c1-6(9(12)10(13)14)7-2-4-8(11)5-3-7/h2-6,9H,12H2,1H3,(H,13,14)/t6?,9-/m0/s1. The highest BCUT2D eigenvalue weighted by Gasteiger charge is 2.20. The van der Waals surface area contributed by atoms with Crippen molar-refractivity contribution < 1.29 is 9.90 Å². The third-order valence-electron chi connectivity index (χ3n) is 2.22. The van der Waals surface area contributed by atoms with Gasteiger partial charge in [0.1, 0.15) is 6.04 Å². The van der Waals surface area contributed by atoms with Gasteiger partial charge >= 0.3 is 5.97 Å². The number of aliphatic carboxylic acids is 1. The topological polar surface area (TPSA) is 63.3 Å². The summed E-state index contributed by atoms with van der Waals surface area (Å²) >= 11 is 2.20. The van der Waals surface area contributed by atoms with Crippen molar-refractivity contribution in [1.82, 2.24) is 0 Å². The van der Waals surface area contributed by atoms with E-state index in [0.29, 0.717) is 0 Å². The minimum atomic E-state index is -0.962. The number of hydrogen-bond donors (Lipinski definition) is 2. The van der Waals surface area contributed by atoms with E-state index in [4.69, 9.17) is 10.8 Å². The second-order valence-corrected chi connectivity index (χ2v) is 4.45. The minimum absolute atomic E-state index is 0.163. The molecule has 0 aliphatic heterocycles. The van der Waals surface area contributed by atoms with Crippen LogP contribution in [0.2, 0.25) is 0 Å². The monoisotopic (exact) mass is 305 g/mol. The summed E-state index contributed by atoms with van der Waals surface area (Å²) in [5.41, 5.74) is 6.49. The van der Waals surface area contributed by atoms with E-state index in [0.717, 1.165) is 9.13 Å². The minimum Gasteiger partial charge on any atom is -0.480 e. The highest BCUT2D eigenvalue weighted by Crippen LogP contribution is 2.19. The van der Waals surface area contributed by atoms with Gasteiger partial charge in [0.25, 0.3) is 0 Å². The number of hydrogen-bond acceptors (Lipinski definition) is 2. The number of rotatable bonds is 3. The first-order valence-corrected chi connectivity index (χ1v) is 5.34. The summed E-state index contributed by atoms with van der Waals surface area (Å²) in [5.74, 6) is -1.12. The lowest BCUT2D eigenvalue weighted by Crippen LogP contribution is -2.35. The van der Waals surface area contributed by atoms with E-state index in [-0.39, 0.29) is 5.92 Å². The Kier molecular flexibility index (Phi) is 3.88. The quantitative estimate of drug-likeness (QED) is 0.837. The van der Waals surface area contributed by atoms with Gasteiger partial charge in [-0.2, -0.15) is 0 Å². The fourth-order valence-corrected chi connectivity index (χ4v) is 1.55. The second kappa shape index (κ2) is 4.75. The zero-order valence-corrected chi connectivity index (χ0v) is 9.93. The molecule has 1 unspecified atom stereocenters. The first kappa shape index (κ1) is 11.5. The van der Waals surface area contributed by atoms with Crippen molar-refractivity contribution >= 4 is 28.6 Å². The van der Waals surface area contributed by atoms with Crippen molar-refractivity contribution in [3.8, 4) is 0 Å². The predicted octanol–water partition coefficient (Wildman–Crippen LogP) is 1.81. The van der Waals surface area contributed by atoms with E-state index in [2.05, 4.69) is 22.6 Å². The third kappa shape index (κ3) is 2.68. The van der Waals surface area contributed by atoms with Crippen LogP contribution in [0.15, 0.2) is 24.3 Å². The fourth-order valence-electron chi connectivity index (χ4n) is 1.19. The summed E-state index contributed by atoms with van der Waals surface area (Å²) in [6, 6.07) is 6.88. The highest BCUT2D eigenvalue weighted by atomic mass is 127. The Hall–Kier alpha value is -0.620. The zero-order valence-electron chi connectivity index (χ0n) is 7.77. The van der Waals surface area contributed by atoms with Gasteiger partial charge in [-0.05, 0) is 40.3 Å². The van der Waals surface area contributed by atoms with E-state index >= 15 is 0 Å². The molecule has 0 bridgehead atoms. The fraction of sp³-hybridized carbons (Fsp3) is 0.300. The summed E-state index contributed by atoms with van der Waals surface area (Å²) < 4.78 is 1.13. The second-order valence-electron chi connectivity index (χ2n) is 3.20. The van der Waals surface area contributed by atoms with Crippen molar-refractivity contribution in [3.63, 3.8) is 0 Å². The molecule has 14 heavy (non-hydrogen) atoms. The number of carboxylic acids is 1. The molecule has 0 spiro atoms. The average Bonchev–Trinajstić information content (AvgIpc) is 2.16. The van der Waals surface area contributed by atoms with Gasteiger partial charge in [-0.15, -0.1) is 0 Å². The normalized spacial score (nSPS) is 14.8. The van der Waals surface area contributed by atoms with E-state index in [1.54, 1.807) is 0 Å². The zero-order chi connectivity index (χ0) is 10.7. The van der Waals surface area contributed by atoms with E-state index in [1.807, 2.05) is 31.2 Å². The van der Waals surface area contributed by atoms with Crippen LogP contribution in [-0.4, -0.2) is 17.1 Å². The van der Waals surface area contributed by atoms with Crippen LogP contribution in [0.4, 0.5) is 0 Å². The summed E-state index contributed by atoms with van der Waals surface area (Å²) in [6.07, 6.45) is 0. The molecule has 0 saturated carbocycles. The van der Waals surface area contributed by atoms with Crippen molar-refractivity contribution in [2.75, 3.05) is 0 Å². The Morgan fingerprint density at radius 2 is 1.93 bits per heavy atom. The molecule has 1 aromatic rings. The summed E-state index contributed by atoms with van der Waals surface area (Å²) in [4.78, 5) is 10.7. The van der Waals surface area contributed by atoms with Gasteiger partial charge < -0.3 is 10.8 Å². The molecule has 76 valence electrons. The number of halogens is 1. The smallest absolute Gasteiger partial charge is 0.321 e. The Morgan fingerprint density at radius 3 is 2.36 bits per heavy atom. The molecule has 0 fully saturated rings. The summed E-state index contributed by atoms with van der Waals surface area (Å²) in [7, 11) is 0. The average molecular weight is 305 g/mol. The lowest BCUT2D eigenvalue weighted by Gasteiger charge is -2.16. The molecule has 3 nitrogen and oxygen atoms in total. The molecule has 0 aromatic heterocycles. The predicted molar refractivity (Wildman–Crippen MR) is 63.2 cm³/mol. The Bertz CT molecular complexity index is 323. The number of carbonyl (C=O) groups is 1. The van der Waals surface area contributed by atoms with Gasteiger partial charge in [-0.1, -0.05) is 19.1 Å². The number of benzene rings is 1. The van der Waals surface area contributed by atoms with Gasteiger partial charge in [0.2, 0.25) is 0 Å². The van der Waals surface area contributed by atoms with Gasteiger partial charge in [0.05, 0.1) is 0 Å². The molecule has 4 heteroatoms. The lowest BCUT2D eigenvalue weighted by atomic mass is 9.94. The molecular weight excluding hydrogens is 293 g/mol. The lowest BCUT2D eigenvalue weighted by molar-refractivity contribution is -0.139. The molecular formula is C10H12INO2. The molecule has 0 saturated heterocycles. The van der Waals surface area contributed by atoms with Crippen LogP contribution in [0.1, 0.15) is 18.4 Å². The van der Waals surface area contributed by atoms with Crippen LogP contribution in [-0.2, 0) is 4.79 Å². The van der Waals surface area contributed by atoms with Crippen molar-refractivity contribution in [1.29, 1.82) is 0 Å². The maximum atomic E-state index is 10.7. The number of nitrogens with two attached hydrogens (primary N) is 1. The largest absolute Gasteiger partial charge is 0.480 e. The van der Waals surface area contributed by atoms with Crippen molar-refractivity contribution in [3.05, 3.63) is 33.4 Å². The van der Waals surface area contributed by atoms with Crippen LogP contribution in [0.25, 0.3) is 0 Å². The molecule has 1 rings (SSSR count). The van der Waals surface area contributed by atoms with Crippen LogP contribution in [0, 0.1) is 3.57 Å². The molecule has 0 heterocycles. The Labute approximate surface area is 96.4 Å². The molecule has 3 N–H and O–H groups in total. The van der Waals surface area contributed by atoms with Gasteiger partial charge in [0, 0.05) is 9.49 Å². The molecule has 2 atom stereocenters. The van der Waals surface area contributed by atoms with E-state index in [1.165, 1.54) is 0 Å². The third-order valence-corrected chi connectivity index (χ3v) is 2.94. The highest BCUT2D eigenvalue weighted by molar-refractivity contribution is 14.1. The summed E-state index contributed by atoms with van der Waals surface area (Å²) in [5, 5.41) is 8.74. The molecule has 0 aliphatic carbocycles. The van der Waals surface area contributed by atoms with E-state index < -0.39 is 12.0 Å². The maximum Gasteiger partial charge on any atom is 0.321 e. The molecule has 0 aliphatic rings. The molecule has 1 aromatic carbocycles. The maximum absolute atomic E-state index is 10.7. The van der Waals surface area contributed by atoms with Gasteiger partial charge in [-0.25, -0.2) is 0 Å². The van der Waals surface area contributed by atoms with Crippen LogP contribution in [0.5, 0.6) is 0 Å². The van der Waals surface area contributed by atoms with Crippen molar-refractivity contribution in [2.45, 2.75) is 18.9 Å². The van der Waals surface area contributed by atoms with Crippen LogP contribution in [0.3, 0.4) is 0 Å². The van der Waals surface area contributed by atoms with E-state index in [9.17, 15) is 4.79 Å². The molecule has 0 amide bonds. The number of carboxylic acid groups (broad SMARTS) is 1. The SMILES string of the molecule is CC(c1ccc(I)cc1)[C@H](N)C(=O)O. The van der Waals surface area contributed by atoms with Crippen molar-refractivity contribution in [2.24, 2.45) is 5.73 Å². The van der Waals surface area contributed by atoms with Crippen LogP contribution >= 0.6 is 22.6 Å². The Morgan fingerprint density at radius 1 is 1.43 bits per heavy atom. The first-order chi connectivity index (χ1) is 6.52. The van der Waals surface area contributed by atoms with Crippen LogP contribution < -0.4 is 5.73 Å². The van der Waals surface area contributed by atoms with Gasteiger partial charge in [-0.3, -0.25) is 4.79 Å². The first-order valence-electron chi connectivity index (χ1n) is 4.26. The Balaban J connectivity index is 2.84. The van der Waals surface area contributed by atoms with Gasteiger partial charge in [0.15, 0.2) is 0 Å². The summed E-state index contributed by atoms with van der Waals surface area (Å²) in [6.45, 7) is 1.82.